The Bertz CT molecular complexity index is 632. The average Bonchev–Trinajstić information content (AvgIpc) is 2.45. The fraction of sp³-hybridized carbons (Fsp3) is 0.143. The van der Waals surface area contributed by atoms with Crippen molar-refractivity contribution in [2.24, 2.45) is 0 Å². The van der Waals surface area contributed by atoms with Gasteiger partial charge in [-0.25, -0.2) is 0 Å². The third-order valence-corrected chi connectivity index (χ3v) is 3.69. The van der Waals surface area contributed by atoms with Gasteiger partial charge in [-0.3, -0.25) is 10.1 Å². The van der Waals surface area contributed by atoms with Crippen molar-refractivity contribution in [1.82, 2.24) is 0 Å². The molecule has 0 aliphatic carbocycles. The monoisotopic (exact) mass is 335 g/mol. The molecule has 2 aromatic carbocycles. The molecule has 0 unspecified atom stereocenters. The minimum Gasteiger partial charge on any atom is -0.382 e. The molecule has 0 atom stereocenters. The maximum Gasteiger partial charge on any atom is 0.315 e. The predicted octanol–water partition coefficient (Wildman–Crippen LogP) is 4.01. The molecule has 0 saturated carbocycles. The number of benzene rings is 2. The summed E-state index contributed by atoms with van der Waals surface area (Å²) in [5.74, 6) is 0. The molecule has 0 saturated heterocycles. The zero-order chi connectivity index (χ0) is 14.5. The van der Waals surface area contributed by atoms with Crippen molar-refractivity contribution in [3.63, 3.8) is 0 Å². The van der Waals surface area contributed by atoms with Crippen LogP contribution in [-0.4, -0.2) is 12.0 Å². The fourth-order valence-corrected chi connectivity index (χ4v) is 2.34. The van der Waals surface area contributed by atoms with E-state index >= 15 is 0 Å². The van der Waals surface area contributed by atoms with Crippen LogP contribution in [0.5, 0.6) is 0 Å². The second-order valence-electron chi connectivity index (χ2n) is 4.15. The third-order valence-electron chi connectivity index (χ3n) is 2.92. The van der Waals surface area contributed by atoms with E-state index in [4.69, 9.17) is 0 Å². The van der Waals surface area contributed by atoms with Crippen molar-refractivity contribution in [3.05, 3.63) is 62.6 Å². The quantitative estimate of drug-likeness (QED) is 0.639. The van der Waals surface area contributed by atoms with E-state index in [1.165, 1.54) is 0 Å². The predicted molar refractivity (Wildman–Crippen MR) is 84.1 cm³/mol. The van der Waals surface area contributed by atoms with E-state index in [9.17, 15) is 10.1 Å². The number of nitro benzene ring substituents is 1. The fourth-order valence-electron chi connectivity index (χ4n) is 1.92. The number of anilines is 2. The molecule has 0 fully saturated rings. The lowest BCUT2D eigenvalue weighted by atomic mass is 10.2. The first kappa shape index (κ1) is 14.3. The van der Waals surface area contributed by atoms with E-state index in [0.717, 1.165) is 10.0 Å². The zero-order valence-corrected chi connectivity index (χ0v) is 12.5. The van der Waals surface area contributed by atoms with Gasteiger partial charge in [0.15, 0.2) is 0 Å². The standard InChI is InChI=1S/C14H14BrN3O2/c1-16-12-7-4-8-13(14(12)18(19)20)17-9-10-5-2-3-6-11(10)15/h2-8,16-17H,9H2,1H3. The second-order valence-corrected chi connectivity index (χ2v) is 5.01. The van der Waals surface area contributed by atoms with Crippen molar-refractivity contribution in [3.8, 4) is 0 Å². The average molecular weight is 336 g/mol. The van der Waals surface area contributed by atoms with Gasteiger partial charge in [-0.2, -0.15) is 0 Å². The minimum atomic E-state index is -0.381. The van der Waals surface area contributed by atoms with E-state index in [1.54, 1.807) is 25.2 Å². The summed E-state index contributed by atoms with van der Waals surface area (Å²) in [7, 11) is 1.67. The summed E-state index contributed by atoms with van der Waals surface area (Å²) < 4.78 is 0.972. The van der Waals surface area contributed by atoms with E-state index in [2.05, 4.69) is 26.6 Å². The van der Waals surface area contributed by atoms with Crippen LogP contribution in [-0.2, 0) is 6.54 Å². The Hall–Kier alpha value is -2.08. The molecular weight excluding hydrogens is 322 g/mol. The Balaban J connectivity index is 2.26. The summed E-state index contributed by atoms with van der Waals surface area (Å²) in [6.45, 7) is 0.509. The Morgan fingerprint density at radius 3 is 2.50 bits per heavy atom. The van der Waals surface area contributed by atoms with Gasteiger partial charge in [0.2, 0.25) is 0 Å². The van der Waals surface area contributed by atoms with Crippen LogP contribution in [0.15, 0.2) is 46.9 Å². The summed E-state index contributed by atoms with van der Waals surface area (Å²) in [6, 6.07) is 12.9. The van der Waals surface area contributed by atoms with Crippen molar-refractivity contribution < 1.29 is 4.92 Å². The van der Waals surface area contributed by atoms with Crippen LogP contribution in [0.25, 0.3) is 0 Å². The highest BCUT2D eigenvalue weighted by molar-refractivity contribution is 9.10. The van der Waals surface area contributed by atoms with E-state index in [-0.39, 0.29) is 10.6 Å². The molecular formula is C14H14BrN3O2. The summed E-state index contributed by atoms with van der Waals surface area (Å²) in [4.78, 5) is 10.8. The van der Waals surface area contributed by atoms with Crippen LogP contribution in [0.3, 0.4) is 0 Å². The number of nitrogens with zero attached hydrogens (tertiary/aromatic N) is 1. The molecule has 0 spiro atoms. The SMILES string of the molecule is CNc1cccc(NCc2ccccc2Br)c1[N+](=O)[O-]. The molecule has 2 aromatic rings. The summed E-state index contributed by atoms with van der Waals surface area (Å²) in [5.41, 5.74) is 2.09. The lowest BCUT2D eigenvalue weighted by molar-refractivity contribution is -0.383. The van der Waals surface area contributed by atoms with Crippen LogP contribution < -0.4 is 10.6 Å². The second kappa shape index (κ2) is 6.38. The Kier molecular flexibility index (Phi) is 4.57. The number of nitrogens with one attached hydrogen (secondary N) is 2. The van der Waals surface area contributed by atoms with Crippen LogP contribution in [0.1, 0.15) is 5.56 Å². The van der Waals surface area contributed by atoms with Crippen molar-refractivity contribution in [2.45, 2.75) is 6.54 Å². The Morgan fingerprint density at radius 2 is 1.85 bits per heavy atom. The topological polar surface area (TPSA) is 67.2 Å². The van der Waals surface area contributed by atoms with Crippen molar-refractivity contribution >= 4 is 33.0 Å². The molecule has 6 heteroatoms. The number of hydrogen-bond acceptors (Lipinski definition) is 4. The van der Waals surface area contributed by atoms with E-state index in [1.807, 2.05) is 24.3 Å². The molecule has 0 aliphatic heterocycles. The molecule has 0 aliphatic rings. The largest absolute Gasteiger partial charge is 0.382 e. The van der Waals surface area contributed by atoms with Gasteiger partial charge in [0, 0.05) is 18.1 Å². The molecule has 0 heterocycles. The zero-order valence-electron chi connectivity index (χ0n) is 10.9. The Morgan fingerprint density at radius 1 is 1.15 bits per heavy atom. The molecule has 104 valence electrons. The number of para-hydroxylation sites is 1. The van der Waals surface area contributed by atoms with Crippen molar-refractivity contribution in [1.29, 1.82) is 0 Å². The van der Waals surface area contributed by atoms with E-state index < -0.39 is 0 Å². The number of rotatable bonds is 5. The van der Waals surface area contributed by atoms with Crippen molar-refractivity contribution in [2.75, 3.05) is 17.7 Å². The van der Waals surface area contributed by atoms with Gasteiger partial charge >= 0.3 is 5.69 Å². The first-order valence-electron chi connectivity index (χ1n) is 6.06. The van der Waals surface area contributed by atoms with Gasteiger partial charge in [-0.05, 0) is 23.8 Å². The van der Waals surface area contributed by atoms with Gasteiger partial charge in [0.25, 0.3) is 0 Å². The Labute approximate surface area is 125 Å². The molecule has 2 N–H and O–H groups in total. The molecule has 0 amide bonds. The number of halogens is 1. The number of hydrogen-bond donors (Lipinski definition) is 2. The van der Waals surface area contributed by atoms with Gasteiger partial charge in [0.1, 0.15) is 11.4 Å². The molecule has 0 aromatic heterocycles. The lowest BCUT2D eigenvalue weighted by Crippen LogP contribution is -2.05. The van der Waals surface area contributed by atoms with Crippen LogP contribution in [0, 0.1) is 10.1 Å². The highest BCUT2D eigenvalue weighted by atomic mass is 79.9. The maximum atomic E-state index is 11.2. The molecule has 0 bridgehead atoms. The molecule has 2 rings (SSSR count). The smallest absolute Gasteiger partial charge is 0.315 e. The minimum absolute atomic E-state index is 0.0575. The summed E-state index contributed by atoms with van der Waals surface area (Å²) >= 11 is 3.46. The normalized spacial score (nSPS) is 10.1. The van der Waals surface area contributed by atoms with Crippen LogP contribution in [0.2, 0.25) is 0 Å². The van der Waals surface area contributed by atoms with Gasteiger partial charge in [-0.1, -0.05) is 40.2 Å². The molecule has 5 nitrogen and oxygen atoms in total. The maximum absolute atomic E-state index is 11.2. The van der Waals surface area contributed by atoms with Crippen LogP contribution >= 0.6 is 15.9 Å². The lowest BCUT2D eigenvalue weighted by Gasteiger charge is -2.10. The first-order chi connectivity index (χ1) is 9.63. The summed E-state index contributed by atoms with van der Waals surface area (Å²) in [5, 5.41) is 17.1. The van der Waals surface area contributed by atoms with Crippen LogP contribution in [0.4, 0.5) is 17.1 Å². The highest BCUT2D eigenvalue weighted by Gasteiger charge is 2.18. The third kappa shape index (κ3) is 3.08. The molecule has 0 radical (unpaired) electrons. The van der Waals surface area contributed by atoms with E-state index in [0.29, 0.717) is 17.9 Å². The summed E-state index contributed by atoms with van der Waals surface area (Å²) in [6.07, 6.45) is 0. The first-order valence-corrected chi connectivity index (χ1v) is 6.85. The van der Waals surface area contributed by atoms with Gasteiger partial charge < -0.3 is 10.6 Å². The van der Waals surface area contributed by atoms with Gasteiger partial charge in [-0.15, -0.1) is 0 Å². The number of nitro groups is 1. The highest BCUT2D eigenvalue weighted by Crippen LogP contribution is 2.33. The molecule has 20 heavy (non-hydrogen) atoms. The van der Waals surface area contributed by atoms with Gasteiger partial charge in [0.05, 0.1) is 4.92 Å².